The van der Waals surface area contributed by atoms with E-state index in [9.17, 15) is 4.79 Å². The molecule has 0 unspecified atom stereocenters. The number of hydrogen-bond acceptors (Lipinski definition) is 6. The molecular weight excluding hydrogens is 418 g/mol. The lowest BCUT2D eigenvalue weighted by Gasteiger charge is -2.13. The number of anilines is 2. The zero-order chi connectivity index (χ0) is 22.3. The largest absolute Gasteiger partial charge is 0.378 e. The first-order valence-corrected chi connectivity index (χ1v) is 11.1. The van der Waals surface area contributed by atoms with Gasteiger partial charge in [-0.2, -0.15) is 0 Å². The van der Waals surface area contributed by atoms with Crippen molar-refractivity contribution in [2.24, 2.45) is 0 Å². The third-order valence-corrected chi connectivity index (χ3v) is 5.60. The fourth-order valence-corrected chi connectivity index (χ4v) is 3.72. The summed E-state index contributed by atoms with van der Waals surface area (Å²) in [6.07, 6.45) is 0. The van der Waals surface area contributed by atoms with E-state index in [0.29, 0.717) is 10.9 Å². The minimum absolute atomic E-state index is 0.121. The van der Waals surface area contributed by atoms with Crippen molar-refractivity contribution >= 4 is 29.0 Å². The van der Waals surface area contributed by atoms with Gasteiger partial charge in [-0.1, -0.05) is 72.4 Å². The fraction of sp³-hybridized carbons (Fsp3) is 0.120. The minimum atomic E-state index is -0.121. The molecule has 3 aromatic carbocycles. The molecule has 32 heavy (non-hydrogen) atoms. The number of nitrogens with one attached hydrogen (secondary N) is 1. The molecule has 1 N–H and O–H groups in total. The Morgan fingerprint density at radius 2 is 1.41 bits per heavy atom. The highest BCUT2D eigenvalue weighted by Gasteiger charge is 2.14. The van der Waals surface area contributed by atoms with E-state index in [1.807, 2.05) is 104 Å². The van der Waals surface area contributed by atoms with E-state index in [2.05, 4.69) is 15.5 Å². The summed E-state index contributed by atoms with van der Waals surface area (Å²) >= 11 is 1.26. The van der Waals surface area contributed by atoms with Crippen LogP contribution in [0.3, 0.4) is 0 Å². The highest BCUT2D eigenvalue weighted by molar-refractivity contribution is 7.99. The molecule has 4 aromatic rings. The molecule has 0 bridgehead atoms. The van der Waals surface area contributed by atoms with Crippen LogP contribution in [0, 0.1) is 0 Å². The zero-order valence-corrected chi connectivity index (χ0v) is 18.7. The lowest BCUT2D eigenvalue weighted by Crippen LogP contribution is -2.15. The Balaban J connectivity index is 1.50. The number of aromatic nitrogens is 3. The summed E-state index contributed by atoms with van der Waals surface area (Å²) in [7, 11) is 3.95. The quantitative estimate of drug-likeness (QED) is 0.407. The topological polar surface area (TPSA) is 71.0 Å². The van der Waals surface area contributed by atoms with Gasteiger partial charge in [0.25, 0.3) is 0 Å². The summed E-state index contributed by atoms with van der Waals surface area (Å²) in [5, 5.41) is 12.1. The van der Waals surface area contributed by atoms with Crippen molar-refractivity contribution in [1.29, 1.82) is 0 Å². The van der Waals surface area contributed by atoms with Crippen molar-refractivity contribution in [3.05, 3.63) is 84.9 Å². The standard InChI is InChI=1S/C25H23N5OS/c1-30(2)21-15-13-20(14-16-21)26-22(31)17-32-25-27-23(18-9-5-3-6-10-18)24(28-29-25)19-11-7-4-8-12-19/h3-16H,17H2,1-2H3,(H,26,31). The maximum atomic E-state index is 12.4. The summed E-state index contributed by atoms with van der Waals surface area (Å²) in [6.45, 7) is 0. The fourth-order valence-electron chi connectivity index (χ4n) is 3.13. The molecule has 0 saturated heterocycles. The van der Waals surface area contributed by atoms with Gasteiger partial charge in [-0.3, -0.25) is 4.79 Å². The molecule has 0 aliphatic heterocycles. The monoisotopic (exact) mass is 441 g/mol. The average Bonchev–Trinajstić information content (AvgIpc) is 2.84. The molecule has 0 radical (unpaired) electrons. The summed E-state index contributed by atoms with van der Waals surface area (Å²) in [4.78, 5) is 19.2. The number of amides is 1. The Kier molecular flexibility index (Phi) is 6.77. The molecule has 0 aliphatic carbocycles. The van der Waals surface area contributed by atoms with Crippen molar-refractivity contribution in [3.63, 3.8) is 0 Å². The number of rotatable bonds is 7. The number of nitrogens with zero attached hydrogens (tertiary/aromatic N) is 4. The molecule has 1 amide bonds. The lowest BCUT2D eigenvalue weighted by molar-refractivity contribution is -0.113. The summed E-state index contributed by atoms with van der Waals surface area (Å²) < 4.78 is 0. The highest BCUT2D eigenvalue weighted by Crippen LogP contribution is 2.29. The molecule has 160 valence electrons. The molecule has 1 aromatic heterocycles. The number of benzene rings is 3. The summed E-state index contributed by atoms with van der Waals surface area (Å²) in [5.74, 6) is 0.0698. The molecule has 0 spiro atoms. The number of carbonyl (C=O) groups excluding carboxylic acids is 1. The van der Waals surface area contributed by atoms with Crippen LogP contribution in [0.1, 0.15) is 0 Å². The van der Waals surface area contributed by atoms with Crippen LogP contribution in [0.4, 0.5) is 11.4 Å². The molecule has 0 saturated carbocycles. The van der Waals surface area contributed by atoms with E-state index in [4.69, 9.17) is 4.98 Å². The second-order valence-corrected chi connectivity index (χ2v) is 8.24. The molecule has 0 aliphatic rings. The minimum Gasteiger partial charge on any atom is -0.378 e. The summed E-state index contributed by atoms with van der Waals surface area (Å²) in [5.41, 5.74) is 5.18. The Morgan fingerprint density at radius 3 is 2.00 bits per heavy atom. The first-order valence-electron chi connectivity index (χ1n) is 10.2. The van der Waals surface area contributed by atoms with Crippen molar-refractivity contribution in [2.45, 2.75) is 5.16 Å². The van der Waals surface area contributed by atoms with Crippen LogP contribution in [0.15, 0.2) is 90.1 Å². The Bertz CT molecular complexity index is 1180. The van der Waals surface area contributed by atoms with Crippen LogP contribution in [0.2, 0.25) is 0 Å². The molecule has 0 atom stereocenters. The zero-order valence-electron chi connectivity index (χ0n) is 17.9. The Hall–Kier alpha value is -3.71. The van der Waals surface area contributed by atoms with Gasteiger partial charge in [0.2, 0.25) is 11.1 Å². The van der Waals surface area contributed by atoms with Crippen LogP contribution in [-0.2, 0) is 4.79 Å². The van der Waals surface area contributed by atoms with Crippen molar-refractivity contribution in [1.82, 2.24) is 15.2 Å². The van der Waals surface area contributed by atoms with Gasteiger partial charge < -0.3 is 10.2 Å². The van der Waals surface area contributed by atoms with Crippen LogP contribution in [0.5, 0.6) is 0 Å². The first-order chi connectivity index (χ1) is 15.6. The predicted octanol–water partition coefficient (Wildman–Crippen LogP) is 5.00. The second-order valence-electron chi connectivity index (χ2n) is 7.30. The van der Waals surface area contributed by atoms with E-state index >= 15 is 0 Å². The van der Waals surface area contributed by atoms with E-state index < -0.39 is 0 Å². The van der Waals surface area contributed by atoms with Crippen LogP contribution in [-0.4, -0.2) is 40.9 Å². The van der Waals surface area contributed by atoms with Crippen LogP contribution >= 0.6 is 11.8 Å². The molecule has 6 nitrogen and oxygen atoms in total. The van der Waals surface area contributed by atoms with Gasteiger partial charge >= 0.3 is 0 Å². The Morgan fingerprint density at radius 1 is 0.812 bits per heavy atom. The van der Waals surface area contributed by atoms with Gasteiger partial charge in [-0.15, -0.1) is 10.2 Å². The molecule has 7 heteroatoms. The van der Waals surface area contributed by atoms with E-state index in [1.54, 1.807) is 0 Å². The van der Waals surface area contributed by atoms with Crippen LogP contribution < -0.4 is 10.2 Å². The van der Waals surface area contributed by atoms with Crippen molar-refractivity contribution in [2.75, 3.05) is 30.1 Å². The number of hydrogen-bond donors (Lipinski definition) is 1. The van der Waals surface area contributed by atoms with Crippen molar-refractivity contribution in [3.8, 4) is 22.5 Å². The van der Waals surface area contributed by atoms with Gasteiger partial charge in [-0.25, -0.2) is 4.98 Å². The summed E-state index contributed by atoms with van der Waals surface area (Å²) in [6, 6.07) is 27.4. The van der Waals surface area contributed by atoms with Gasteiger partial charge in [0, 0.05) is 36.6 Å². The van der Waals surface area contributed by atoms with Gasteiger partial charge in [0.15, 0.2) is 0 Å². The number of carbonyl (C=O) groups is 1. The number of thioether (sulfide) groups is 1. The van der Waals surface area contributed by atoms with Gasteiger partial charge in [0.1, 0.15) is 11.4 Å². The van der Waals surface area contributed by atoms with Gasteiger partial charge in [-0.05, 0) is 24.3 Å². The van der Waals surface area contributed by atoms with E-state index in [1.165, 1.54) is 11.8 Å². The normalized spacial score (nSPS) is 10.6. The molecule has 1 heterocycles. The van der Waals surface area contributed by atoms with Crippen molar-refractivity contribution < 1.29 is 4.79 Å². The second kappa shape index (κ2) is 10.1. The maximum Gasteiger partial charge on any atom is 0.234 e. The molecule has 4 rings (SSSR count). The lowest BCUT2D eigenvalue weighted by atomic mass is 10.0. The molecule has 0 fully saturated rings. The highest BCUT2D eigenvalue weighted by atomic mass is 32.2. The smallest absolute Gasteiger partial charge is 0.234 e. The SMILES string of the molecule is CN(C)c1ccc(NC(=O)CSc2nnc(-c3ccccc3)c(-c3ccccc3)n2)cc1. The van der Waals surface area contributed by atoms with Gasteiger partial charge in [0.05, 0.1) is 5.75 Å². The predicted molar refractivity (Wildman–Crippen MR) is 131 cm³/mol. The third kappa shape index (κ3) is 5.31. The van der Waals surface area contributed by atoms with E-state index in [-0.39, 0.29) is 11.7 Å². The van der Waals surface area contributed by atoms with Crippen LogP contribution in [0.25, 0.3) is 22.5 Å². The molecular formula is C25H23N5OS. The first kappa shape index (κ1) is 21.5. The Labute approximate surface area is 191 Å². The third-order valence-electron chi connectivity index (χ3n) is 4.76. The average molecular weight is 442 g/mol. The maximum absolute atomic E-state index is 12.4. The van der Waals surface area contributed by atoms with E-state index in [0.717, 1.165) is 28.2 Å².